The van der Waals surface area contributed by atoms with Gasteiger partial charge < -0.3 is 0 Å². The van der Waals surface area contributed by atoms with Crippen LogP contribution >= 0.6 is 15.9 Å². The van der Waals surface area contributed by atoms with Crippen LogP contribution in [0.15, 0.2) is 71.8 Å². The van der Waals surface area contributed by atoms with Gasteiger partial charge in [0.25, 0.3) is 0 Å². The van der Waals surface area contributed by atoms with Gasteiger partial charge in [0.15, 0.2) is 0 Å². The average molecular weight is 299 g/mol. The number of benzene rings is 2. The molecule has 0 aliphatic rings. The van der Waals surface area contributed by atoms with Crippen LogP contribution in [0.3, 0.4) is 0 Å². The van der Waals surface area contributed by atoms with E-state index >= 15 is 0 Å². The van der Waals surface area contributed by atoms with Gasteiger partial charge in [0, 0.05) is 4.48 Å². The van der Waals surface area contributed by atoms with Gasteiger partial charge in [-0.25, -0.2) is 0 Å². The van der Waals surface area contributed by atoms with Crippen molar-refractivity contribution >= 4 is 32.3 Å². The summed E-state index contributed by atoms with van der Waals surface area (Å²) in [5, 5.41) is 2.51. The quantitative estimate of drug-likeness (QED) is 0.637. The predicted molar refractivity (Wildman–Crippen MR) is 84.8 cm³/mol. The van der Waals surface area contributed by atoms with Crippen molar-refractivity contribution in [3.8, 4) is 0 Å². The van der Waals surface area contributed by atoms with Crippen molar-refractivity contribution in [2.75, 3.05) is 0 Å². The van der Waals surface area contributed by atoms with Gasteiger partial charge in [0.05, 0.1) is 0 Å². The lowest BCUT2D eigenvalue weighted by molar-refractivity contribution is 1.65. The molecule has 2 aromatic rings. The summed E-state index contributed by atoms with van der Waals surface area (Å²) in [6.45, 7) is 5.89. The highest BCUT2D eigenvalue weighted by Gasteiger charge is 2.00. The fraction of sp³-hybridized carbons (Fsp3) is 0.0588. The van der Waals surface area contributed by atoms with Gasteiger partial charge in [0.2, 0.25) is 0 Å². The summed E-state index contributed by atoms with van der Waals surface area (Å²) < 4.78 is 1.06. The third-order valence-electron chi connectivity index (χ3n) is 2.87. The summed E-state index contributed by atoms with van der Waals surface area (Å²) in [4.78, 5) is 0. The summed E-state index contributed by atoms with van der Waals surface area (Å²) in [6.07, 6.45) is 5.98. The minimum absolute atomic E-state index is 1.06. The Morgan fingerprint density at radius 2 is 1.83 bits per heavy atom. The number of hydrogen-bond donors (Lipinski definition) is 0. The van der Waals surface area contributed by atoms with Crippen LogP contribution in [0.5, 0.6) is 0 Å². The maximum atomic E-state index is 3.89. The molecule has 0 amide bonds. The molecule has 0 bridgehead atoms. The minimum Gasteiger partial charge on any atom is -0.0984 e. The molecular formula is C17H15Br. The van der Waals surface area contributed by atoms with Crippen molar-refractivity contribution in [3.63, 3.8) is 0 Å². The highest BCUT2D eigenvalue weighted by atomic mass is 79.9. The van der Waals surface area contributed by atoms with Gasteiger partial charge in [0.1, 0.15) is 0 Å². The summed E-state index contributed by atoms with van der Waals surface area (Å²) in [7, 11) is 0. The lowest BCUT2D eigenvalue weighted by Crippen LogP contribution is -1.82. The van der Waals surface area contributed by atoms with Gasteiger partial charge in [-0.1, -0.05) is 71.1 Å². The van der Waals surface area contributed by atoms with Gasteiger partial charge >= 0.3 is 0 Å². The second-order valence-electron chi connectivity index (χ2n) is 4.04. The highest BCUT2D eigenvalue weighted by molar-refractivity contribution is 9.11. The molecule has 0 N–H and O–H groups in total. The maximum absolute atomic E-state index is 3.89. The van der Waals surface area contributed by atoms with Crippen LogP contribution in [0, 0.1) is 0 Å². The van der Waals surface area contributed by atoms with Gasteiger partial charge in [-0.2, -0.15) is 0 Å². The molecule has 0 fully saturated rings. The molecular weight excluding hydrogens is 284 g/mol. The van der Waals surface area contributed by atoms with Crippen LogP contribution in [0.25, 0.3) is 16.3 Å². The third kappa shape index (κ3) is 2.80. The van der Waals surface area contributed by atoms with Gasteiger partial charge in [-0.3, -0.25) is 0 Å². The van der Waals surface area contributed by atoms with E-state index in [1.165, 1.54) is 16.3 Å². The molecule has 0 spiro atoms. The molecule has 0 aromatic heterocycles. The molecule has 18 heavy (non-hydrogen) atoms. The predicted octanol–water partition coefficient (Wildman–Crippen LogP) is 5.71. The zero-order chi connectivity index (χ0) is 13.0. The first-order valence-electron chi connectivity index (χ1n) is 5.89. The van der Waals surface area contributed by atoms with Gasteiger partial charge in [-0.15, -0.1) is 0 Å². The Kier molecular flexibility index (Phi) is 4.16. The van der Waals surface area contributed by atoms with E-state index < -0.39 is 0 Å². The standard InChI is InChI=1S/C17H15Br/c1-3-13(12-17(18)4-2)16-10-9-14-7-5-6-8-15(14)11-16/h3-12H,1H2,2H3/b13-12+,17-4+. The van der Waals surface area contributed by atoms with Crippen molar-refractivity contribution < 1.29 is 0 Å². The molecule has 2 aromatic carbocycles. The van der Waals surface area contributed by atoms with E-state index in [1.807, 2.05) is 19.1 Å². The number of halogens is 1. The smallest absolute Gasteiger partial charge is 0.0138 e. The molecule has 0 saturated carbocycles. The second-order valence-corrected chi connectivity index (χ2v) is 4.95. The van der Waals surface area contributed by atoms with E-state index in [-0.39, 0.29) is 0 Å². The molecule has 0 unspecified atom stereocenters. The number of fused-ring (bicyclic) bond motifs is 1. The van der Waals surface area contributed by atoms with E-state index in [4.69, 9.17) is 0 Å². The number of allylic oxidation sites excluding steroid dienone is 5. The van der Waals surface area contributed by atoms with Crippen molar-refractivity contribution in [1.82, 2.24) is 0 Å². The normalized spacial score (nSPS) is 12.8. The monoisotopic (exact) mass is 298 g/mol. The van der Waals surface area contributed by atoms with Crippen LogP contribution in [0.2, 0.25) is 0 Å². The van der Waals surface area contributed by atoms with Gasteiger partial charge in [-0.05, 0) is 41.0 Å². The lowest BCUT2D eigenvalue weighted by Gasteiger charge is -2.05. The molecule has 0 heterocycles. The van der Waals surface area contributed by atoms with Crippen LogP contribution in [0.1, 0.15) is 12.5 Å². The Morgan fingerprint density at radius 3 is 2.50 bits per heavy atom. The van der Waals surface area contributed by atoms with E-state index in [9.17, 15) is 0 Å². The Bertz CT molecular complexity index is 633. The summed E-state index contributed by atoms with van der Waals surface area (Å²) in [6, 6.07) is 14.8. The minimum atomic E-state index is 1.06. The molecule has 0 saturated heterocycles. The fourth-order valence-corrected chi connectivity index (χ4v) is 2.11. The molecule has 2 rings (SSSR count). The Morgan fingerprint density at radius 1 is 1.11 bits per heavy atom. The maximum Gasteiger partial charge on any atom is 0.0138 e. The lowest BCUT2D eigenvalue weighted by atomic mass is 10.0. The fourth-order valence-electron chi connectivity index (χ4n) is 1.86. The van der Waals surface area contributed by atoms with Crippen molar-refractivity contribution in [2.45, 2.75) is 6.92 Å². The van der Waals surface area contributed by atoms with Crippen LogP contribution in [0.4, 0.5) is 0 Å². The average Bonchev–Trinajstić information content (AvgIpc) is 2.44. The van der Waals surface area contributed by atoms with E-state index in [2.05, 4.69) is 71.0 Å². The summed E-state index contributed by atoms with van der Waals surface area (Å²) in [5.74, 6) is 0. The van der Waals surface area contributed by atoms with Crippen LogP contribution < -0.4 is 0 Å². The molecule has 0 aliphatic heterocycles. The zero-order valence-electron chi connectivity index (χ0n) is 10.4. The van der Waals surface area contributed by atoms with E-state index in [0.29, 0.717) is 0 Å². The largest absolute Gasteiger partial charge is 0.0984 e. The van der Waals surface area contributed by atoms with E-state index in [0.717, 1.165) is 10.1 Å². The van der Waals surface area contributed by atoms with Crippen LogP contribution in [-0.4, -0.2) is 0 Å². The zero-order valence-corrected chi connectivity index (χ0v) is 11.9. The molecule has 0 radical (unpaired) electrons. The first-order chi connectivity index (χ1) is 8.74. The van der Waals surface area contributed by atoms with E-state index in [1.54, 1.807) is 0 Å². The summed E-state index contributed by atoms with van der Waals surface area (Å²) in [5.41, 5.74) is 2.30. The van der Waals surface area contributed by atoms with Crippen molar-refractivity contribution in [2.24, 2.45) is 0 Å². The number of rotatable bonds is 3. The van der Waals surface area contributed by atoms with Crippen LogP contribution in [-0.2, 0) is 0 Å². The molecule has 0 aliphatic carbocycles. The number of hydrogen-bond acceptors (Lipinski definition) is 0. The molecule has 0 nitrogen and oxygen atoms in total. The third-order valence-corrected chi connectivity index (χ3v) is 3.56. The first kappa shape index (κ1) is 12.8. The topological polar surface area (TPSA) is 0 Å². The molecule has 90 valence electrons. The highest BCUT2D eigenvalue weighted by Crippen LogP contribution is 2.24. The Hall–Kier alpha value is -1.60. The second kappa shape index (κ2) is 5.83. The van der Waals surface area contributed by atoms with Crippen molar-refractivity contribution in [3.05, 3.63) is 77.3 Å². The Labute approximate surface area is 116 Å². The molecule has 0 atom stereocenters. The Balaban J connectivity index is 2.52. The summed E-state index contributed by atoms with van der Waals surface area (Å²) >= 11 is 3.50. The SMILES string of the molecule is C=C/C(=C\C(Br)=C/C)c1ccc2ccccc2c1. The molecule has 1 heteroatoms. The first-order valence-corrected chi connectivity index (χ1v) is 6.69. The van der Waals surface area contributed by atoms with Crippen molar-refractivity contribution in [1.29, 1.82) is 0 Å².